The molecule has 0 spiro atoms. The van der Waals surface area contributed by atoms with Crippen molar-refractivity contribution in [2.45, 2.75) is 48.3 Å². The number of nitrogen functional groups attached to an aromatic ring is 1. The Morgan fingerprint density at radius 3 is 2.58 bits per heavy atom. The van der Waals surface area contributed by atoms with Crippen molar-refractivity contribution in [1.82, 2.24) is 24.4 Å². The second kappa shape index (κ2) is 10.9. The average molecular weight is 579 g/mol. The van der Waals surface area contributed by atoms with E-state index >= 15 is 0 Å². The summed E-state index contributed by atoms with van der Waals surface area (Å²) in [5.74, 6) is -0.671. The number of anilines is 1. The van der Waals surface area contributed by atoms with Crippen molar-refractivity contribution in [3.63, 3.8) is 0 Å². The summed E-state index contributed by atoms with van der Waals surface area (Å²) in [5.41, 5.74) is 18.1. The summed E-state index contributed by atoms with van der Waals surface area (Å²) in [5, 5.41) is 20.3. The van der Waals surface area contributed by atoms with Gasteiger partial charge in [-0.15, -0.1) is 0 Å². The maximum absolute atomic E-state index is 12.5. The number of primary amides is 1. The highest BCUT2D eigenvalue weighted by atomic mass is 79.9. The van der Waals surface area contributed by atoms with Crippen LogP contribution in [0.3, 0.4) is 0 Å². The Morgan fingerprint density at radius 2 is 1.89 bits per heavy atom. The van der Waals surface area contributed by atoms with Gasteiger partial charge in [0, 0.05) is 29.0 Å². The van der Waals surface area contributed by atoms with Crippen LogP contribution < -0.4 is 17.2 Å². The molecule has 2 amide bonds. The molecule has 1 aliphatic rings. The van der Waals surface area contributed by atoms with Crippen LogP contribution in [-0.4, -0.2) is 65.6 Å². The van der Waals surface area contributed by atoms with E-state index in [9.17, 15) is 19.8 Å². The molecule has 0 aliphatic carbocycles. The van der Waals surface area contributed by atoms with Gasteiger partial charge in [-0.25, -0.2) is 15.0 Å². The van der Waals surface area contributed by atoms with Crippen LogP contribution in [0.4, 0.5) is 5.82 Å². The SMILES string of the molecule is NC(=O)C[C@H](N)C(=O)N1CCC(CCn2c(Sc3cc(O)c(O)cc3Br)nc3c(N)ncnc32)CC1. The summed E-state index contributed by atoms with van der Waals surface area (Å²) >= 11 is 4.72. The van der Waals surface area contributed by atoms with Gasteiger partial charge in [0.25, 0.3) is 0 Å². The first kappa shape index (κ1) is 26.0. The Bertz CT molecular complexity index is 1290. The molecule has 0 radical (unpaired) electrons. The lowest BCUT2D eigenvalue weighted by Gasteiger charge is -2.33. The molecule has 4 rings (SSSR count). The van der Waals surface area contributed by atoms with Crippen molar-refractivity contribution in [3.8, 4) is 11.5 Å². The zero-order chi connectivity index (χ0) is 26.0. The number of nitrogens with zero attached hydrogens (tertiary/aromatic N) is 5. The number of phenolic OH excluding ortho intramolecular Hbond substituents is 2. The number of aromatic nitrogens is 4. The molecule has 14 heteroatoms. The van der Waals surface area contributed by atoms with E-state index in [1.807, 2.05) is 4.57 Å². The lowest BCUT2D eigenvalue weighted by Crippen LogP contribution is -2.48. The molecule has 0 bridgehead atoms. The molecule has 192 valence electrons. The standard InChI is InChI=1S/C22H27BrN8O4S/c23-12-7-14(32)15(33)9-16(12)36-22-29-18-19(26)27-10-28-20(18)31(22)6-3-11-1-4-30(5-2-11)21(35)13(24)8-17(25)34/h7,9-11,13,32-33H,1-6,8,24H2,(H2,25,34)(H2,26,27,28)/t13-/m0/s1. The van der Waals surface area contributed by atoms with Crippen LogP contribution in [-0.2, 0) is 16.1 Å². The fourth-order valence-electron chi connectivity index (χ4n) is 4.21. The van der Waals surface area contributed by atoms with E-state index in [1.54, 1.807) is 4.90 Å². The van der Waals surface area contributed by atoms with E-state index in [0.717, 1.165) is 19.3 Å². The molecule has 3 aromatic rings. The molecule has 1 atom stereocenters. The average Bonchev–Trinajstić information content (AvgIpc) is 3.19. The van der Waals surface area contributed by atoms with Crippen LogP contribution >= 0.6 is 27.7 Å². The van der Waals surface area contributed by atoms with Crippen molar-refractivity contribution in [2.75, 3.05) is 18.8 Å². The maximum atomic E-state index is 12.5. The third-order valence-electron chi connectivity index (χ3n) is 6.18. The summed E-state index contributed by atoms with van der Waals surface area (Å²) in [6.07, 6.45) is 3.66. The van der Waals surface area contributed by atoms with Gasteiger partial charge < -0.3 is 36.9 Å². The number of amides is 2. The topological polar surface area (TPSA) is 200 Å². The third-order valence-corrected chi connectivity index (χ3v) is 8.15. The number of likely N-dealkylation sites (tertiary alicyclic amines) is 1. The number of imidazole rings is 1. The second-order valence-electron chi connectivity index (χ2n) is 8.68. The van der Waals surface area contributed by atoms with Gasteiger partial charge in [0.2, 0.25) is 11.8 Å². The lowest BCUT2D eigenvalue weighted by molar-refractivity contribution is -0.135. The van der Waals surface area contributed by atoms with Crippen molar-refractivity contribution < 1.29 is 19.8 Å². The Morgan fingerprint density at radius 1 is 1.19 bits per heavy atom. The second-order valence-corrected chi connectivity index (χ2v) is 10.5. The largest absolute Gasteiger partial charge is 0.504 e. The first-order valence-electron chi connectivity index (χ1n) is 11.3. The van der Waals surface area contributed by atoms with Crippen molar-refractivity contribution in [2.24, 2.45) is 17.4 Å². The van der Waals surface area contributed by atoms with Crippen LogP contribution in [0.25, 0.3) is 11.2 Å². The summed E-state index contributed by atoms with van der Waals surface area (Å²) in [6.45, 7) is 1.74. The Kier molecular flexibility index (Phi) is 7.85. The predicted octanol–water partition coefficient (Wildman–Crippen LogP) is 1.56. The molecule has 3 heterocycles. The van der Waals surface area contributed by atoms with Crippen molar-refractivity contribution >= 4 is 56.5 Å². The summed E-state index contributed by atoms with van der Waals surface area (Å²) in [4.78, 5) is 39.0. The monoisotopic (exact) mass is 578 g/mol. The molecule has 12 nitrogen and oxygen atoms in total. The van der Waals surface area contributed by atoms with Gasteiger partial charge in [0.05, 0.1) is 12.5 Å². The minimum atomic E-state index is -0.903. The van der Waals surface area contributed by atoms with Gasteiger partial charge >= 0.3 is 0 Å². The summed E-state index contributed by atoms with van der Waals surface area (Å²) in [7, 11) is 0. The zero-order valence-corrected chi connectivity index (χ0v) is 21.7. The van der Waals surface area contributed by atoms with Gasteiger partial charge in [0.15, 0.2) is 33.6 Å². The van der Waals surface area contributed by atoms with Crippen LogP contribution in [0.5, 0.6) is 11.5 Å². The molecule has 36 heavy (non-hydrogen) atoms. The first-order chi connectivity index (χ1) is 17.1. The number of hydrogen-bond donors (Lipinski definition) is 5. The zero-order valence-electron chi connectivity index (χ0n) is 19.3. The number of benzene rings is 1. The van der Waals surface area contributed by atoms with Gasteiger partial charge in [0.1, 0.15) is 6.33 Å². The number of rotatable bonds is 8. The molecule has 0 saturated carbocycles. The molecule has 8 N–H and O–H groups in total. The summed E-state index contributed by atoms with van der Waals surface area (Å²) in [6, 6.07) is 1.97. The van der Waals surface area contributed by atoms with Crippen LogP contribution in [0.1, 0.15) is 25.7 Å². The molecule has 2 aromatic heterocycles. The number of fused-ring (bicyclic) bond motifs is 1. The van der Waals surface area contributed by atoms with E-state index in [2.05, 4.69) is 30.9 Å². The molecule has 0 unspecified atom stereocenters. The minimum Gasteiger partial charge on any atom is -0.504 e. The fraction of sp³-hybridized carbons (Fsp3) is 0.409. The first-order valence-corrected chi connectivity index (χ1v) is 12.9. The number of aromatic hydroxyl groups is 2. The number of nitrogens with two attached hydrogens (primary N) is 3. The van der Waals surface area contributed by atoms with Crippen LogP contribution in [0.15, 0.2) is 33.0 Å². The Labute approximate surface area is 219 Å². The lowest BCUT2D eigenvalue weighted by atomic mass is 9.93. The molecular weight excluding hydrogens is 552 g/mol. The molecular formula is C22H27BrN8O4S. The normalized spacial score (nSPS) is 15.3. The van der Waals surface area contributed by atoms with Gasteiger partial charge in [-0.2, -0.15) is 0 Å². The molecule has 1 fully saturated rings. The Hall–Kier alpha value is -3.10. The van der Waals surface area contributed by atoms with Gasteiger partial charge in [-0.1, -0.05) is 11.8 Å². The van der Waals surface area contributed by atoms with Crippen molar-refractivity contribution in [3.05, 3.63) is 22.9 Å². The van der Waals surface area contributed by atoms with E-state index in [4.69, 9.17) is 17.2 Å². The minimum absolute atomic E-state index is 0.160. The number of aryl methyl sites for hydroxylation is 1. The van der Waals surface area contributed by atoms with Crippen LogP contribution in [0, 0.1) is 5.92 Å². The van der Waals surface area contributed by atoms with Crippen LogP contribution in [0.2, 0.25) is 0 Å². The highest BCUT2D eigenvalue weighted by Crippen LogP contribution is 2.40. The number of phenols is 2. The van der Waals surface area contributed by atoms with Gasteiger partial charge in [-0.3, -0.25) is 9.59 Å². The molecule has 1 aromatic carbocycles. The number of carbonyl (C=O) groups is 2. The number of piperidine rings is 1. The highest BCUT2D eigenvalue weighted by Gasteiger charge is 2.27. The number of halogens is 1. The smallest absolute Gasteiger partial charge is 0.240 e. The predicted molar refractivity (Wildman–Crippen MR) is 137 cm³/mol. The van der Waals surface area contributed by atoms with E-state index < -0.39 is 11.9 Å². The maximum Gasteiger partial charge on any atom is 0.240 e. The third kappa shape index (κ3) is 5.65. The quantitative estimate of drug-likeness (QED) is 0.244. The van der Waals surface area contributed by atoms with E-state index in [0.29, 0.717) is 51.2 Å². The highest BCUT2D eigenvalue weighted by molar-refractivity contribution is 9.10. The molecule has 1 saturated heterocycles. The number of hydrogen-bond acceptors (Lipinski definition) is 10. The summed E-state index contributed by atoms with van der Waals surface area (Å²) < 4.78 is 2.57. The number of carbonyl (C=O) groups excluding carboxylic acids is 2. The van der Waals surface area contributed by atoms with E-state index in [1.165, 1.54) is 30.2 Å². The Balaban J connectivity index is 1.48. The van der Waals surface area contributed by atoms with Crippen molar-refractivity contribution in [1.29, 1.82) is 0 Å². The van der Waals surface area contributed by atoms with E-state index in [-0.39, 0.29) is 29.6 Å². The molecule has 1 aliphatic heterocycles. The van der Waals surface area contributed by atoms with Gasteiger partial charge in [-0.05, 0) is 53.2 Å². The fourth-order valence-corrected chi connectivity index (χ4v) is 5.74.